The lowest BCUT2D eigenvalue weighted by atomic mass is 10.1. The molecule has 1 rings (SSSR count). The average molecular weight is 251 g/mol. The van der Waals surface area contributed by atoms with Gasteiger partial charge in [-0.1, -0.05) is 12.1 Å². The van der Waals surface area contributed by atoms with E-state index in [-0.39, 0.29) is 5.91 Å². The van der Waals surface area contributed by atoms with Crippen LogP contribution in [-0.4, -0.2) is 32.8 Å². The molecule has 0 saturated heterocycles. The van der Waals surface area contributed by atoms with Crippen LogP contribution in [0.2, 0.25) is 0 Å². The molecule has 100 valence electrons. The molecule has 18 heavy (non-hydrogen) atoms. The number of rotatable bonds is 7. The summed E-state index contributed by atoms with van der Waals surface area (Å²) in [4.78, 5) is 11.4. The van der Waals surface area contributed by atoms with Crippen LogP contribution >= 0.6 is 0 Å². The Morgan fingerprint density at radius 2 is 2.06 bits per heavy atom. The Bertz CT molecular complexity index is 391. The highest BCUT2D eigenvalue weighted by molar-refractivity contribution is 5.75. The summed E-state index contributed by atoms with van der Waals surface area (Å²) in [6.07, 6.45) is 0.358. The largest absolute Gasteiger partial charge is 0.493 e. The maximum absolute atomic E-state index is 11.4. The van der Waals surface area contributed by atoms with Crippen LogP contribution in [-0.2, 0) is 9.53 Å². The lowest BCUT2D eigenvalue weighted by molar-refractivity contribution is -0.121. The zero-order valence-corrected chi connectivity index (χ0v) is 11.3. The molecule has 1 aromatic carbocycles. The molecule has 0 radical (unpaired) electrons. The SMILES string of the molecule is COCCNC(=O)CCOc1cccc(C)c1C. The van der Waals surface area contributed by atoms with Gasteiger partial charge in [0.2, 0.25) is 5.91 Å². The monoisotopic (exact) mass is 251 g/mol. The van der Waals surface area contributed by atoms with E-state index in [1.165, 1.54) is 5.56 Å². The van der Waals surface area contributed by atoms with Crippen LogP contribution < -0.4 is 10.1 Å². The first-order chi connectivity index (χ1) is 8.65. The van der Waals surface area contributed by atoms with Gasteiger partial charge in [-0.15, -0.1) is 0 Å². The number of benzene rings is 1. The third-order valence-electron chi connectivity index (χ3n) is 2.77. The van der Waals surface area contributed by atoms with Crippen molar-refractivity contribution in [2.75, 3.05) is 26.9 Å². The van der Waals surface area contributed by atoms with Gasteiger partial charge >= 0.3 is 0 Å². The van der Waals surface area contributed by atoms with Crippen molar-refractivity contribution in [1.29, 1.82) is 0 Å². The van der Waals surface area contributed by atoms with Gasteiger partial charge in [0.25, 0.3) is 0 Å². The number of nitrogens with one attached hydrogen (secondary N) is 1. The first-order valence-corrected chi connectivity index (χ1v) is 6.09. The molecule has 0 aliphatic rings. The van der Waals surface area contributed by atoms with Gasteiger partial charge in [-0.2, -0.15) is 0 Å². The maximum atomic E-state index is 11.4. The second-order valence-corrected chi connectivity index (χ2v) is 4.14. The van der Waals surface area contributed by atoms with E-state index in [0.29, 0.717) is 26.2 Å². The fraction of sp³-hybridized carbons (Fsp3) is 0.500. The third kappa shape index (κ3) is 4.75. The molecule has 0 fully saturated rings. The zero-order chi connectivity index (χ0) is 13.4. The van der Waals surface area contributed by atoms with Crippen molar-refractivity contribution < 1.29 is 14.3 Å². The molecule has 0 spiro atoms. The van der Waals surface area contributed by atoms with Crippen LogP contribution in [0.15, 0.2) is 18.2 Å². The highest BCUT2D eigenvalue weighted by atomic mass is 16.5. The first kappa shape index (κ1) is 14.5. The van der Waals surface area contributed by atoms with Crippen LogP contribution in [0, 0.1) is 13.8 Å². The maximum Gasteiger partial charge on any atom is 0.223 e. The number of aryl methyl sites for hydroxylation is 1. The van der Waals surface area contributed by atoms with E-state index >= 15 is 0 Å². The average Bonchev–Trinajstić information content (AvgIpc) is 2.35. The fourth-order valence-corrected chi connectivity index (χ4v) is 1.52. The molecule has 1 N–H and O–H groups in total. The summed E-state index contributed by atoms with van der Waals surface area (Å²) in [5.74, 6) is 0.831. The van der Waals surface area contributed by atoms with Gasteiger partial charge < -0.3 is 14.8 Å². The van der Waals surface area contributed by atoms with Crippen molar-refractivity contribution >= 4 is 5.91 Å². The van der Waals surface area contributed by atoms with E-state index in [0.717, 1.165) is 11.3 Å². The summed E-state index contributed by atoms with van der Waals surface area (Å²) in [6.45, 7) is 5.52. The normalized spacial score (nSPS) is 10.2. The molecule has 0 saturated carbocycles. The van der Waals surface area contributed by atoms with Gasteiger partial charge in [0.1, 0.15) is 5.75 Å². The zero-order valence-electron chi connectivity index (χ0n) is 11.3. The van der Waals surface area contributed by atoms with Crippen molar-refractivity contribution in [3.63, 3.8) is 0 Å². The molecular weight excluding hydrogens is 230 g/mol. The van der Waals surface area contributed by atoms with Gasteiger partial charge in [-0.25, -0.2) is 0 Å². The van der Waals surface area contributed by atoms with Crippen molar-refractivity contribution in [2.24, 2.45) is 0 Å². The number of amides is 1. The quantitative estimate of drug-likeness (QED) is 0.752. The Morgan fingerprint density at radius 1 is 1.28 bits per heavy atom. The lowest BCUT2D eigenvalue weighted by Crippen LogP contribution is -2.28. The van der Waals surface area contributed by atoms with E-state index in [2.05, 4.69) is 5.32 Å². The molecule has 0 aliphatic heterocycles. The molecule has 4 heteroatoms. The van der Waals surface area contributed by atoms with Gasteiger partial charge in [-0.3, -0.25) is 4.79 Å². The summed E-state index contributed by atoms with van der Waals surface area (Å²) in [5, 5.41) is 2.75. The predicted molar refractivity (Wildman–Crippen MR) is 70.9 cm³/mol. The Labute approximate surface area is 108 Å². The highest BCUT2D eigenvalue weighted by Crippen LogP contribution is 2.20. The van der Waals surface area contributed by atoms with E-state index in [1.54, 1.807) is 7.11 Å². The van der Waals surface area contributed by atoms with Gasteiger partial charge in [0.05, 0.1) is 19.6 Å². The number of hydrogen-bond donors (Lipinski definition) is 1. The van der Waals surface area contributed by atoms with Crippen molar-refractivity contribution in [3.05, 3.63) is 29.3 Å². The van der Waals surface area contributed by atoms with Gasteiger partial charge in [0.15, 0.2) is 0 Å². The standard InChI is InChI=1S/C14H21NO3/c1-11-5-4-6-13(12(11)2)18-9-7-14(16)15-8-10-17-3/h4-6H,7-10H2,1-3H3,(H,15,16). The number of carbonyl (C=O) groups is 1. The number of carbonyl (C=O) groups excluding carboxylic acids is 1. The second kappa shape index (κ2) is 7.71. The predicted octanol–water partition coefficient (Wildman–Crippen LogP) is 1.83. The molecule has 0 bridgehead atoms. The van der Waals surface area contributed by atoms with E-state index in [1.807, 2.05) is 32.0 Å². The van der Waals surface area contributed by atoms with E-state index in [9.17, 15) is 4.79 Å². The summed E-state index contributed by atoms with van der Waals surface area (Å²) in [5.41, 5.74) is 2.31. The fourth-order valence-electron chi connectivity index (χ4n) is 1.52. The summed E-state index contributed by atoms with van der Waals surface area (Å²) in [6, 6.07) is 5.92. The van der Waals surface area contributed by atoms with Crippen molar-refractivity contribution in [1.82, 2.24) is 5.32 Å². The summed E-state index contributed by atoms with van der Waals surface area (Å²) < 4.78 is 10.5. The topological polar surface area (TPSA) is 47.6 Å². The number of methoxy groups -OCH3 is 1. The van der Waals surface area contributed by atoms with E-state index in [4.69, 9.17) is 9.47 Å². The van der Waals surface area contributed by atoms with Crippen LogP contribution in [0.25, 0.3) is 0 Å². The van der Waals surface area contributed by atoms with Crippen LogP contribution in [0.1, 0.15) is 17.5 Å². The number of hydrogen-bond acceptors (Lipinski definition) is 3. The Morgan fingerprint density at radius 3 is 2.78 bits per heavy atom. The van der Waals surface area contributed by atoms with Crippen LogP contribution in [0.4, 0.5) is 0 Å². The van der Waals surface area contributed by atoms with Crippen LogP contribution in [0.3, 0.4) is 0 Å². The minimum atomic E-state index is -0.0163. The Kier molecular flexibility index (Phi) is 6.22. The molecule has 0 unspecified atom stereocenters. The van der Waals surface area contributed by atoms with Gasteiger partial charge in [0, 0.05) is 13.7 Å². The summed E-state index contributed by atoms with van der Waals surface area (Å²) in [7, 11) is 1.61. The van der Waals surface area contributed by atoms with E-state index < -0.39 is 0 Å². The molecular formula is C14H21NO3. The molecule has 4 nitrogen and oxygen atoms in total. The number of ether oxygens (including phenoxy) is 2. The molecule has 0 heterocycles. The molecule has 1 aromatic rings. The van der Waals surface area contributed by atoms with Crippen molar-refractivity contribution in [2.45, 2.75) is 20.3 Å². The first-order valence-electron chi connectivity index (χ1n) is 6.09. The molecule has 0 atom stereocenters. The van der Waals surface area contributed by atoms with Crippen LogP contribution in [0.5, 0.6) is 5.75 Å². The third-order valence-corrected chi connectivity index (χ3v) is 2.77. The molecule has 0 aliphatic carbocycles. The minimum absolute atomic E-state index is 0.0163. The van der Waals surface area contributed by atoms with Gasteiger partial charge in [-0.05, 0) is 31.0 Å². The Balaban J connectivity index is 2.29. The summed E-state index contributed by atoms with van der Waals surface area (Å²) >= 11 is 0. The Hall–Kier alpha value is -1.55. The minimum Gasteiger partial charge on any atom is -0.493 e. The van der Waals surface area contributed by atoms with Crippen molar-refractivity contribution in [3.8, 4) is 5.75 Å². The molecule has 0 aromatic heterocycles. The highest BCUT2D eigenvalue weighted by Gasteiger charge is 2.04. The second-order valence-electron chi connectivity index (χ2n) is 4.14. The lowest BCUT2D eigenvalue weighted by Gasteiger charge is -2.10. The molecule has 1 amide bonds. The smallest absolute Gasteiger partial charge is 0.223 e.